The highest BCUT2D eigenvalue weighted by molar-refractivity contribution is 7.86. The van der Waals surface area contributed by atoms with Crippen LogP contribution in [0.4, 0.5) is 0 Å². The van der Waals surface area contributed by atoms with E-state index in [4.69, 9.17) is 9.94 Å². The van der Waals surface area contributed by atoms with Gasteiger partial charge < -0.3 is 4.74 Å². The first-order valence-electron chi connectivity index (χ1n) is 7.19. The number of carbonyl (C=O) groups is 1. The smallest absolute Gasteiger partial charge is 0.263 e. The first kappa shape index (κ1) is 17.7. The number of ether oxygens (including phenoxy) is 1. The van der Waals surface area contributed by atoms with Gasteiger partial charge in [0.15, 0.2) is 0 Å². The molecular weight excluding hydrogens is 326 g/mol. The van der Waals surface area contributed by atoms with Crippen LogP contribution in [-0.2, 0) is 15.6 Å². The molecule has 2 atom stereocenters. The molecule has 2 aromatic rings. The normalized spacial score (nSPS) is 12.4. The summed E-state index contributed by atoms with van der Waals surface area (Å²) >= 11 is 0. The van der Waals surface area contributed by atoms with Gasteiger partial charge in [-0.15, -0.1) is 5.92 Å². The summed E-state index contributed by atoms with van der Waals surface area (Å²) in [5, 5.41) is 7.95. The summed E-state index contributed by atoms with van der Waals surface area (Å²) in [4.78, 5) is 12.4. The van der Waals surface area contributed by atoms with E-state index in [1.54, 1.807) is 67.0 Å². The molecular formula is C18H17NO4S. The number of hydrogen-bond donors (Lipinski definition) is 2. The summed E-state index contributed by atoms with van der Waals surface area (Å²) in [6, 6.07) is 15.3. The van der Waals surface area contributed by atoms with Crippen LogP contribution in [0.2, 0.25) is 0 Å². The Morgan fingerprint density at radius 3 is 2.46 bits per heavy atom. The summed E-state index contributed by atoms with van der Waals surface area (Å²) in [6.07, 6.45) is 0. The number of amides is 1. The molecule has 0 saturated carbocycles. The monoisotopic (exact) mass is 343 g/mol. The summed E-state index contributed by atoms with van der Waals surface area (Å²) in [5.74, 6) is 5.39. The van der Waals surface area contributed by atoms with Crippen molar-refractivity contribution in [3.8, 4) is 17.6 Å². The van der Waals surface area contributed by atoms with Crippen LogP contribution in [0.5, 0.6) is 5.75 Å². The van der Waals surface area contributed by atoms with Crippen LogP contribution in [0.15, 0.2) is 59.5 Å². The van der Waals surface area contributed by atoms with Gasteiger partial charge in [-0.05, 0) is 36.8 Å². The molecule has 0 fully saturated rings. The Labute approximate surface area is 143 Å². The van der Waals surface area contributed by atoms with E-state index in [1.807, 2.05) is 0 Å². The predicted octanol–water partition coefficient (Wildman–Crippen LogP) is 2.44. The highest BCUT2D eigenvalue weighted by Gasteiger charge is 2.28. The third-order valence-corrected chi connectivity index (χ3v) is 4.86. The van der Waals surface area contributed by atoms with Gasteiger partial charge in [-0.2, -0.15) is 0 Å². The van der Waals surface area contributed by atoms with Gasteiger partial charge in [0.25, 0.3) is 5.91 Å². The lowest BCUT2D eigenvalue weighted by molar-refractivity contribution is -0.128. The van der Waals surface area contributed by atoms with E-state index in [1.165, 1.54) is 0 Å². The van der Waals surface area contributed by atoms with Gasteiger partial charge in [0.1, 0.15) is 17.6 Å². The first-order valence-corrected chi connectivity index (χ1v) is 8.40. The van der Waals surface area contributed by atoms with Crippen molar-refractivity contribution in [3.05, 3.63) is 60.2 Å². The first-order chi connectivity index (χ1) is 11.7. The topological polar surface area (TPSA) is 75.6 Å². The molecule has 2 aromatic carbocycles. The molecule has 2 rings (SSSR count). The highest BCUT2D eigenvalue weighted by atomic mass is 32.2. The van der Waals surface area contributed by atoms with E-state index in [9.17, 15) is 9.00 Å². The van der Waals surface area contributed by atoms with Crippen molar-refractivity contribution in [2.45, 2.75) is 17.1 Å². The van der Waals surface area contributed by atoms with Crippen molar-refractivity contribution < 1.29 is 18.9 Å². The Morgan fingerprint density at radius 1 is 1.21 bits per heavy atom. The minimum atomic E-state index is -1.67. The molecule has 0 heterocycles. The largest absolute Gasteiger partial charge is 0.481 e. The maximum absolute atomic E-state index is 12.8. The van der Waals surface area contributed by atoms with Crippen LogP contribution in [0.3, 0.4) is 0 Å². The third kappa shape index (κ3) is 4.44. The summed E-state index contributed by atoms with van der Waals surface area (Å²) < 4.78 is 18.2. The second-order valence-electron chi connectivity index (χ2n) is 4.75. The van der Waals surface area contributed by atoms with Crippen LogP contribution in [0, 0.1) is 11.8 Å². The molecule has 1 unspecified atom stereocenters. The van der Waals surface area contributed by atoms with Crippen LogP contribution in [0.1, 0.15) is 17.7 Å². The standard InChI is InChI=1S/C18H17NO4S/c1-2-3-13-23-15-9-11-16(12-10-15)24(22)17(18(20)19-21)14-7-5-4-6-8-14/h4-12,17,21H,13H2,1H3,(H,19,20)/t17?,24-/m1/s1. The third-order valence-electron chi connectivity index (χ3n) is 3.21. The molecule has 0 aliphatic heterocycles. The zero-order valence-electron chi connectivity index (χ0n) is 13.1. The SMILES string of the molecule is CC#CCOc1ccc([S@@](=O)C(C(=O)NO)c2ccccc2)cc1. The second-order valence-corrected chi connectivity index (χ2v) is 6.29. The van der Waals surface area contributed by atoms with Crippen LogP contribution < -0.4 is 10.2 Å². The summed E-state index contributed by atoms with van der Waals surface area (Å²) in [7, 11) is -1.67. The van der Waals surface area contributed by atoms with Crippen molar-refractivity contribution in [1.29, 1.82) is 0 Å². The average molecular weight is 343 g/mol. The summed E-state index contributed by atoms with van der Waals surface area (Å²) in [6.45, 7) is 2.00. The van der Waals surface area contributed by atoms with Gasteiger partial charge in [0, 0.05) is 4.90 Å². The molecule has 0 aliphatic rings. The van der Waals surface area contributed by atoms with Gasteiger partial charge in [0.2, 0.25) is 0 Å². The zero-order chi connectivity index (χ0) is 17.4. The van der Waals surface area contributed by atoms with E-state index >= 15 is 0 Å². The van der Waals surface area contributed by atoms with E-state index in [2.05, 4.69) is 11.8 Å². The van der Waals surface area contributed by atoms with Crippen LogP contribution in [-0.4, -0.2) is 21.9 Å². The number of nitrogens with one attached hydrogen (secondary N) is 1. The Balaban J connectivity index is 2.23. The molecule has 5 nitrogen and oxygen atoms in total. The van der Waals surface area contributed by atoms with Crippen molar-refractivity contribution >= 4 is 16.7 Å². The molecule has 0 aromatic heterocycles. The molecule has 0 radical (unpaired) electrons. The molecule has 2 N–H and O–H groups in total. The molecule has 0 spiro atoms. The molecule has 1 amide bonds. The number of carbonyl (C=O) groups excluding carboxylic acids is 1. The minimum absolute atomic E-state index is 0.276. The second kappa shape index (κ2) is 8.87. The number of rotatable bonds is 6. The minimum Gasteiger partial charge on any atom is -0.481 e. The highest BCUT2D eigenvalue weighted by Crippen LogP contribution is 2.26. The lowest BCUT2D eigenvalue weighted by Gasteiger charge is -2.15. The van der Waals surface area contributed by atoms with E-state index < -0.39 is 22.0 Å². The van der Waals surface area contributed by atoms with E-state index in [0.29, 0.717) is 16.2 Å². The lowest BCUT2D eigenvalue weighted by Crippen LogP contribution is -2.29. The van der Waals surface area contributed by atoms with Gasteiger partial charge >= 0.3 is 0 Å². The number of hydroxylamine groups is 1. The van der Waals surface area contributed by atoms with Gasteiger partial charge in [-0.1, -0.05) is 36.3 Å². The number of hydrogen-bond acceptors (Lipinski definition) is 4. The quantitative estimate of drug-likeness (QED) is 0.480. The fraction of sp³-hybridized carbons (Fsp3) is 0.167. The molecule has 24 heavy (non-hydrogen) atoms. The Hall–Kier alpha value is -2.62. The molecule has 0 saturated heterocycles. The molecule has 0 aliphatic carbocycles. The van der Waals surface area contributed by atoms with Crippen LogP contribution in [0.25, 0.3) is 0 Å². The maximum atomic E-state index is 12.8. The lowest BCUT2D eigenvalue weighted by atomic mass is 10.1. The zero-order valence-corrected chi connectivity index (χ0v) is 13.9. The van der Waals surface area contributed by atoms with E-state index in [-0.39, 0.29) is 6.61 Å². The maximum Gasteiger partial charge on any atom is 0.263 e. The Bertz CT molecular complexity index is 763. The molecule has 0 bridgehead atoms. The number of benzene rings is 2. The fourth-order valence-electron chi connectivity index (χ4n) is 2.06. The average Bonchev–Trinajstić information content (AvgIpc) is 2.63. The van der Waals surface area contributed by atoms with Crippen molar-refractivity contribution in [2.75, 3.05) is 6.61 Å². The van der Waals surface area contributed by atoms with Crippen molar-refractivity contribution in [2.24, 2.45) is 0 Å². The van der Waals surface area contributed by atoms with Gasteiger partial charge in [-0.25, -0.2) is 5.48 Å². The van der Waals surface area contributed by atoms with E-state index in [0.717, 1.165) is 0 Å². The van der Waals surface area contributed by atoms with Crippen LogP contribution >= 0.6 is 0 Å². The van der Waals surface area contributed by atoms with Crippen molar-refractivity contribution in [1.82, 2.24) is 5.48 Å². The van der Waals surface area contributed by atoms with Gasteiger partial charge in [0.05, 0.1) is 10.8 Å². The Kier molecular flexibility index (Phi) is 6.55. The predicted molar refractivity (Wildman–Crippen MR) is 90.9 cm³/mol. The summed E-state index contributed by atoms with van der Waals surface area (Å²) in [5.41, 5.74) is 2.14. The molecule has 6 heteroatoms. The fourth-order valence-corrected chi connectivity index (χ4v) is 3.38. The van der Waals surface area contributed by atoms with Crippen molar-refractivity contribution in [3.63, 3.8) is 0 Å². The van der Waals surface area contributed by atoms with Gasteiger partial charge in [-0.3, -0.25) is 14.2 Å². The molecule has 124 valence electrons. The Morgan fingerprint density at radius 2 is 1.88 bits per heavy atom.